The number of nitrogens with zero attached hydrogens (tertiary/aromatic N) is 2. The molecule has 3 nitrogen and oxygen atoms in total. The molecule has 1 aliphatic heterocycles. The van der Waals surface area contributed by atoms with Gasteiger partial charge in [0.15, 0.2) is 0 Å². The maximum absolute atomic E-state index is 4.28. The van der Waals surface area contributed by atoms with E-state index in [1.807, 2.05) is 12.4 Å². The lowest BCUT2D eigenvalue weighted by molar-refractivity contribution is 0.239. The molecule has 0 aromatic carbocycles. The quantitative estimate of drug-likeness (QED) is 0.782. The van der Waals surface area contributed by atoms with Crippen molar-refractivity contribution in [3.8, 4) is 0 Å². The highest BCUT2D eigenvalue weighted by Crippen LogP contribution is 2.19. The van der Waals surface area contributed by atoms with E-state index < -0.39 is 0 Å². The zero-order valence-electron chi connectivity index (χ0n) is 11.7. The van der Waals surface area contributed by atoms with Crippen LogP contribution < -0.4 is 5.32 Å². The number of likely N-dealkylation sites (tertiary alicyclic amines) is 1. The standard InChI is InChI=1S/C15H25N3/c1-3-6-16-11-15-5-4-7-18(15)12-14-8-13(2)9-17-10-14/h8-10,15-16H,3-7,11-12H2,1-2H3. The SMILES string of the molecule is CCCNCC1CCCN1Cc1cncc(C)c1. The summed E-state index contributed by atoms with van der Waals surface area (Å²) in [5, 5.41) is 3.55. The summed E-state index contributed by atoms with van der Waals surface area (Å²) in [5.41, 5.74) is 2.60. The molecule has 2 rings (SSSR count). The van der Waals surface area contributed by atoms with E-state index in [1.54, 1.807) is 0 Å². The van der Waals surface area contributed by atoms with Gasteiger partial charge in [-0.15, -0.1) is 0 Å². The number of aryl methyl sites for hydroxylation is 1. The highest BCUT2D eigenvalue weighted by Gasteiger charge is 2.23. The van der Waals surface area contributed by atoms with Gasteiger partial charge in [0.25, 0.3) is 0 Å². The van der Waals surface area contributed by atoms with Gasteiger partial charge in [-0.05, 0) is 50.4 Å². The maximum atomic E-state index is 4.28. The third-order valence-corrected chi connectivity index (χ3v) is 3.62. The Morgan fingerprint density at radius 1 is 1.44 bits per heavy atom. The molecule has 1 aromatic heterocycles. The molecule has 0 spiro atoms. The van der Waals surface area contributed by atoms with Crippen molar-refractivity contribution in [2.45, 2.75) is 45.7 Å². The molecule has 0 saturated carbocycles. The van der Waals surface area contributed by atoms with Crippen LogP contribution in [0.5, 0.6) is 0 Å². The molecule has 100 valence electrons. The number of hydrogen-bond donors (Lipinski definition) is 1. The molecule has 1 atom stereocenters. The lowest BCUT2D eigenvalue weighted by atomic mass is 10.2. The van der Waals surface area contributed by atoms with E-state index in [1.165, 1.54) is 36.9 Å². The fraction of sp³-hybridized carbons (Fsp3) is 0.667. The Bertz CT molecular complexity index is 365. The largest absolute Gasteiger partial charge is 0.315 e. The Balaban J connectivity index is 1.87. The maximum Gasteiger partial charge on any atom is 0.0313 e. The van der Waals surface area contributed by atoms with Crippen LogP contribution in [-0.2, 0) is 6.54 Å². The lowest BCUT2D eigenvalue weighted by Crippen LogP contribution is -2.37. The van der Waals surface area contributed by atoms with Crippen molar-refractivity contribution in [3.63, 3.8) is 0 Å². The molecular weight excluding hydrogens is 222 g/mol. The van der Waals surface area contributed by atoms with E-state index in [9.17, 15) is 0 Å². The van der Waals surface area contributed by atoms with Crippen LogP contribution in [0, 0.1) is 6.92 Å². The van der Waals surface area contributed by atoms with Gasteiger partial charge in [0.1, 0.15) is 0 Å². The number of pyridine rings is 1. The predicted molar refractivity (Wildman–Crippen MR) is 75.6 cm³/mol. The summed E-state index contributed by atoms with van der Waals surface area (Å²) in [4.78, 5) is 6.88. The van der Waals surface area contributed by atoms with E-state index >= 15 is 0 Å². The molecule has 1 N–H and O–H groups in total. The summed E-state index contributed by atoms with van der Waals surface area (Å²) in [5.74, 6) is 0. The van der Waals surface area contributed by atoms with E-state index in [2.05, 4.69) is 35.1 Å². The first-order valence-corrected chi connectivity index (χ1v) is 7.15. The zero-order valence-corrected chi connectivity index (χ0v) is 11.7. The fourth-order valence-electron chi connectivity index (χ4n) is 2.72. The summed E-state index contributed by atoms with van der Waals surface area (Å²) in [6.45, 7) is 8.88. The van der Waals surface area contributed by atoms with Gasteiger partial charge in [0.05, 0.1) is 0 Å². The van der Waals surface area contributed by atoms with Crippen LogP contribution in [0.3, 0.4) is 0 Å². The van der Waals surface area contributed by atoms with Gasteiger partial charge in [-0.25, -0.2) is 0 Å². The van der Waals surface area contributed by atoms with E-state index in [4.69, 9.17) is 0 Å². The number of hydrogen-bond acceptors (Lipinski definition) is 3. The molecule has 0 aliphatic carbocycles. The van der Waals surface area contributed by atoms with E-state index in [-0.39, 0.29) is 0 Å². The zero-order chi connectivity index (χ0) is 12.8. The summed E-state index contributed by atoms with van der Waals surface area (Å²) in [7, 11) is 0. The van der Waals surface area contributed by atoms with Crippen LogP contribution in [0.15, 0.2) is 18.5 Å². The van der Waals surface area contributed by atoms with Gasteiger partial charge in [-0.3, -0.25) is 9.88 Å². The van der Waals surface area contributed by atoms with Crippen LogP contribution in [0.25, 0.3) is 0 Å². The van der Waals surface area contributed by atoms with Crippen molar-refractivity contribution >= 4 is 0 Å². The van der Waals surface area contributed by atoms with Crippen molar-refractivity contribution in [3.05, 3.63) is 29.6 Å². The highest BCUT2D eigenvalue weighted by molar-refractivity contribution is 5.16. The molecule has 0 radical (unpaired) electrons. The molecule has 0 amide bonds. The number of nitrogens with one attached hydrogen (secondary N) is 1. The normalized spacial score (nSPS) is 20.4. The Labute approximate surface area is 111 Å². The molecule has 3 heteroatoms. The summed E-state index contributed by atoms with van der Waals surface area (Å²) in [6.07, 6.45) is 7.80. The molecule has 2 heterocycles. The summed E-state index contributed by atoms with van der Waals surface area (Å²) in [6, 6.07) is 2.96. The highest BCUT2D eigenvalue weighted by atomic mass is 15.2. The van der Waals surface area contributed by atoms with Crippen molar-refractivity contribution in [1.82, 2.24) is 15.2 Å². The molecule has 0 bridgehead atoms. The average Bonchev–Trinajstić information content (AvgIpc) is 2.77. The van der Waals surface area contributed by atoms with Crippen LogP contribution in [-0.4, -0.2) is 35.6 Å². The van der Waals surface area contributed by atoms with Crippen molar-refractivity contribution < 1.29 is 0 Å². The van der Waals surface area contributed by atoms with Gasteiger partial charge < -0.3 is 5.32 Å². The molecule has 1 fully saturated rings. The summed E-state index contributed by atoms with van der Waals surface area (Å²) >= 11 is 0. The van der Waals surface area contributed by atoms with Gasteiger partial charge in [-0.1, -0.05) is 13.0 Å². The van der Waals surface area contributed by atoms with Crippen LogP contribution in [0.4, 0.5) is 0 Å². The Morgan fingerprint density at radius 3 is 3.11 bits per heavy atom. The van der Waals surface area contributed by atoms with Gasteiger partial charge in [0.2, 0.25) is 0 Å². The van der Waals surface area contributed by atoms with Crippen molar-refractivity contribution in [2.75, 3.05) is 19.6 Å². The fourth-order valence-corrected chi connectivity index (χ4v) is 2.72. The van der Waals surface area contributed by atoms with Crippen LogP contribution in [0.1, 0.15) is 37.3 Å². The first-order valence-electron chi connectivity index (χ1n) is 7.15. The Kier molecular flexibility index (Phi) is 5.14. The molecule has 1 saturated heterocycles. The molecule has 1 aliphatic rings. The topological polar surface area (TPSA) is 28.2 Å². The van der Waals surface area contributed by atoms with Crippen molar-refractivity contribution in [2.24, 2.45) is 0 Å². The minimum atomic E-state index is 0.706. The Morgan fingerprint density at radius 2 is 2.33 bits per heavy atom. The van der Waals surface area contributed by atoms with Crippen molar-refractivity contribution in [1.29, 1.82) is 0 Å². The second-order valence-corrected chi connectivity index (χ2v) is 5.34. The first kappa shape index (κ1) is 13.5. The molecule has 1 aromatic rings. The van der Waals surface area contributed by atoms with E-state index in [0.29, 0.717) is 6.04 Å². The number of aromatic nitrogens is 1. The van der Waals surface area contributed by atoms with Crippen LogP contribution >= 0.6 is 0 Å². The average molecular weight is 247 g/mol. The minimum Gasteiger partial charge on any atom is -0.315 e. The second-order valence-electron chi connectivity index (χ2n) is 5.34. The monoisotopic (exact) mass is 247 g/mol. The van der Waals surface area contributed by atoms with Gasteiger partial charge >= 0.3 is 0 Å². The number of rotatable bonds is 6. The minimum absolute atomic E-state index is 0.706. The van der Waals surface area contributed by atoms with Crippen LogP contribution in [0.2, 0.25) is 0 Å². The Hall–Kier alpha value is -0.930. The van der Waals surface area contributed by atoms with Gasteiger partial charge in [0, 0.05) is 31.5 Å². The second kappa shape index (κ2) is 6.86. The third kappa shape index (κ3) is 3.79. The predicted octanol–water partition coefficient (Wildman–Crippen LogP) is 2.35. The van der Waals surface area contributed by atoms with E-state index in [0.717, 1.165) is 19.6 Å². The molecular formula is C15H25N3. The smallest absolute Gasteiger partial charge is 0.0313 e. The van der Waals surface area contributed by atoms with Gasteiger partial charge in [-0.2, -0.15) is 0 Å². The third-order valence-electron chi connectivity index (χ3n) is 3.62. The first-order chi connectivity index (χ1) is 8.79. The molecule has 1 unspecified atom stereocenters. The lowest BCUT2D eigenvalue weighted by Gasteiger charge is -2.24. The summed E-state index contributed by atoms with van der Waals surface area (Å²) < 4.78 is 0. The molecule has 18 heavy (non-hydrogen) atoms.